The van der Waals surface area contributed by atoms with Gasteiger partial charge in [-0.15, -0.1) is 0 Å². The summed E-state index contributed by atoms with van der Waals surface area (Å²) < 4.78 is 4.42. The van der Waals surface area contributed by atoms with Crippen LogP contribution in [0.1, 0.15) is 30.3 Å². The van der Waals surface area contributed by atoms with Gasteiger partial charge >= 0.3 is 0 Å². The fourth-order valence-electron chi connectivity index (χ4n) is 2.44. The van der Waals surface area contributed by atoms with E-state index in [0.29, 0.717) is 0 Å². The van der Waals surface area contributed by atoms with Crippen molar-refractivity contribution in [3.8, 4) is 0 Å². The summed E-state index contributed by atoms with van der Waals surface area (Å²) in [6.07, 6.45) is 3.11. The van der Waals surface area contributed by atoms with Crippen LogP contribution < -0.4 is 10.6 Å². The van der Waals surface area contributed by atoms with Crippen LogP contribution >= 0.6 is 11.5 Å². The zero-order chi connectivity index (χ0) is 13.2. The average Bonchev–Trinajstić information content (AvgIpc) is 2.87. The lowest BCUT2D eigenvalue weighted by atomic mass is 9.99. The van der Waals surface area contributed by atoms with Gasteiger partial charge in [0.15, 0.2) is 0 Å². The van der Waals surface area contributed by atoms with Crippen LogP contribution in [0.4, 0.5) is 10.8 Å². The Labute approximate surface area is 117 Å². The summed E-state index contributed by atoms with van der Waals surface area (Å²) in [4.78, 5) is 6.93. The predicted octanol–water partition coefficient (Wildman–Crippen LogP) is 2.64. The van der Waals surface area contributed by atoms with E-state index in [1.165, 1.54) is 22.7 Å². The Morgan fingerprint density at radius 1 is 1.37 bits per heavy atom. The van der Waals surface area contributed by atoms with Gasteiger partial charge in [-0.25, -0.2) is 4.98 Å². The molecule has 1 aliphatic rings. The lowest BCUT2D eigenvalue weighted by Crippen LogP contribution is -2.30. The van der Waals surface area contributed by atoms with E-state index in [4.69, 9.17) is 5.73 Å². The number of rotatable bonds is 3. The minimum absolute atomic E-state index is 0.838. The third kappa shape index (κ3) is 2.56. The van der Waals surface area contributed by atoms with Gasteiger partial charge in [-0.3, -0.25) is 0 Å². The maximum Gasteiger partial charge on any atom is 0.205 e. The molecule has 0 radical (unpaired) electrons. The Bertz CT molecular complexity index is 579. The third-order valence-corrected chi connectivity index (χ3v) is 4.26. The van der Waals surface area contributed by atoms with Gasteiger partial charge in [0.2, 0.25) is 5.13 Å². The summed E-state index contributed by atoms with van der Waals surface area (Å²) in [6, 6.07) is 6.21. The zero-order valence-corrected chi connectivity index (χ0v) is 11.9. The highest BCUT2D eigenvalue weighted by Crippen LogP contribution is 2.27. The van der Waals surface area contributed by atoms with E-state index in [2.05, 4.69) is 33.3 Å². The van der Waals surface area contributed by atoms with Crippen molar-refractivity contribution in [1.82, 2.24) is 9.36 Å². The standard InChI is InChI=1S/C14H18N4S/c1-2-3-13-16-14(19-17-13)18-7-6-10-4-5-12(15)8-11(10)9-18/h4-5,8H,2-3,6-7,9,15H2,1H3. The Hall–Kier alpha value is -1.62. The number of hydrogen-bond donors (Lipinski definition) is 1. The highest BCUT2D eigenvalue weighted by molar-refractivity contribution is 7.09. The number of aryl methyl sites for hydroxylation is 1. The molecule has 0 saturated heterocycles. The van der Waals surface area contributed by atoms with E-state index < -0.39 is 0 Å². The summed E-state index contributed by atoms with van der Waals surface area (Å²) in [5.41, 5.74) is 9.43. The summed E-state index contributed by atoms with van der Waals surface area (Å²) in [7, 11) is 0. The monoisotopic (exact) mass is 274 g/mol. The SMILES string of the molecule is CCCc1nsc(N2CCc3ccc(N)cc3C2)n1. The van der Waals surface area contributed by atoms with Crippen LogP contribution in [0.15, 0.2) is 18.2 Å². The Morgan fingerprint density at radius 2 is 2.26 bits per heavy atom. The van der Waals surface area contributed by atoms with Crippen LogP contribution in [-0.4, -0.2) is 15.9 Å². The van der Waals surface area contributed by atoms with Gasteiger partial charge in [0, 0.05) is 36.7 Å². The third-order valence-electron chi connectivity index (χ3n) is 3.44. The second-order valence-corrected chi connectivity index (χ2v) is 5.67. The largest absolute Gasteiger partial charge is 0.399 e. The molecule has 0 aliphatic carbocycles. The summed E-state index contributed by atoms with van der Waals surface area (Å²) in [6.45, 7) is 4.05. The van der Waals surface area contributed by atoms with E-state index in [1.807, 2.05) is 6.07 Å². The molecule has 0 fully saturated rings. The number of aromatic nitrogens is 2. The number of benzene rings is 1. The molecule has 0 saturated carbocycles. The van der Waals surface area contributed by atoms with E-state index in [1.54, 1.807) is 0 Å². The number of nitrogens with zero attached hydrogens (tertiary/aromatic N) is 3. The molecule has 19 heavy (non-hydrogen) atoms. The van der Waals surface area contributed by atoms with Crippen LogP contribution in [-0.2, 0) is 19.4 Å². The van der Waals surface area contributed by atoms with Gasteiger partial charge in [-0.2, -0.15) is 4.37 Å². The molecule has 5 heteroatoms. The van der Waals surface area contributed by atoms with Crippen molar-refractivity contribution in [2.75, 3.05) is 17.2 Å². The van der Waals surface area contributed by atoms with Crippen molar-refractivity contribution in [3.63, 3.8) is 0 Å². The maximum absolute atomic E-state index is 5.87. The second-order valence-electron chi connectivity index (χ2n) is 4.94. The number of anilines is 2. The fourth-order valence-corrected chi connectivity index (χ4v) is 3.18. The second kappa shape index (κ2) is 5.17. The molecule has 0 atom stereocenters. The van der Waals surface area contributed by atoms with Crippen molar-refractivity contribution in [1.29, 1.82) is 0 Å². The minimum Gasteiger partial charge on any atom is -0.399 e. The fraction of sp³-hybridized carbons (Fsp3) is 0.429. The first-order valence-electron chi connectivity index (χ1n) is 6.71. The van der Waals surface area contributed by atoms with Gasteiger partial charge in [-0.1, -0.05) is 13.0 Å². The summed E-state index contributed by atoms with van der Waals surface area (Å²) >= 11 is 1.51. The van der Waals surface area contributed by atoms with Crippen LogP contribution in [0.5, 0.6) is 0 Å². The van der Waals surface area contributed by atoms with Crippen LogP contribution in [0.2, 0.25) is 0 Å². The van der Waals surface area contributed by atoms with Gasteiger partial charge in [0.05, 0.1) is 0 Å². The highest BCUT2D eigenvalue weighted by atomic mass is 32.1. The van der Waals surface area contributed by atoms with Crippen molar-refractivity contribution < 1.29 is 0 Å². The van der Waals surface area contributed by atoms with Crippen LogP contribution in [0.3, 0.4) is 0 Å². The topological polar surface area (TPSA) is 55.0 Å². The molecule has 1 aromatic carbocycles. The first kappa shape index (κ1) is 12.4. The summed E-state index contributed by atoms with van der Waals surface area (Å²) in [5, 5.41) is 1.04. The molecule has 0 spiro atoms. The van der Waals surface area contributed by atoms with Crippen LogP contribution in [0, 0.1) is 0 Å². The van der Waals surface area contributed by atoms with Crippen molar-refractivity contribution >= 4 is 22.4 Å². The zero-order valence-electron chi connectivity index (χ0n) is 11.1. The molecule has 0 bridgehead atoms. The smallest absolute Gasteiger partial charge is 0.205 e. The van der Waals surface area contributed by atoms with Gasteiger partial charge in [-0.05, 0) is 36.1 Å². The lowest BCUT2D eigenvalue weighted by molar-refractivity contribution is 0.725. The highest BCUT2D eigenvalue weighted by Gasteiger charge is 2.19. The molecule has 2 N–H and O–H groups in total. The molecule has 3 rings (SSSR count). The Morgan fingerprint density at radius 3 is 3.11 bits per heavy atom. The van der Waals surface area contributed by atoms with Gasteiger partial charge in [0.25, 0.3) is 0 Å². The lowest BCUT2D eigenvalue weighted by Gasteiger charge is -2.28. The summed E-state index contributed by atoms with van der Waals surface area (Å²) in [5.74, 6) is 0.973. The Kier molecular flexibility index (Phi) is 3.38. The minimum atomic E-state index is 0.838. The predicted molar refractivity (Wildman–Crippen MR) is 79.5 cm³/mol. The molecule has 2 heterocycles. The first-order valence-corrected chi connectivity index (χ1v) is 7.48. The number of fused-ring (bicyclic) bond motifs is 1. The van der Waals surface area contributed by atoms with Crippen molar-refractivity contribution in [3.05, 3.63) is 35.2 Å². The number of nitrogens with two attached hydrogens (primary N) is 1. The number of hydrogen-bond acceptors (Lipinski definition) is 5. The van der Waals surface area contributed by atoms with Gasteiger partial charge < -0.3 is 10.6 Å². The van der Waals surface area contributed by atoms with Crippen molar-refractivity contribution in [2.24, 2.45) is 0 Å². The molecule has 4 nitrogen and oxygen atoms in total. The molecular formula is C14H18N4S. The first-order chi connectivity index (χ1) is 9.26. The van der Waals surface area contributed by atoms with Crippen molar-refractivity contribution in [2.45, 2.75) is 32.7 Å². The Balaban J connectivity index is 1.80. The maximum atomic E-state index is 5.87. The quantitative estimate of drug-likeness (QED) is 0.874. The average molecular weight is 274 g/mol. The van der Waals surface area contributed by atoms with E-state index in [9.17, 15) is 0 Å². The van der Waals surface area contributed by atoms with E-state index >= 15 is 0 Å². The van der Waals surface area contributed by atoms with E-state index in [0.717, 1.165) is 49.0 Å². The van der Waals surface area contributed by atoms with Crippen LogP contribution in [0.25, 0.3) is 0 Å². The molecule has 1 aromatic heterocycles. The normalized spacial score (nSPS) is 14.5. The molecule has 0 amide bonds. The number of nitrogen functional groups attached to an aromatic ring is 1. The molecular weight excluding hydrogens is 256 g/mol. The van der Waals surface area contributed by atoms with E-state index in [-0.39, 0.29) is 0 Å². The van der Waals surface area contributed by atoms with Gasteiger partial charge in [0.1, 0.15) is 5.82 Å². The molecule has 100 valence electrons. The molecule has 2 aromatic rings. The molecule has 1 aliphatic heterocycles. The molecule has 0 unspecified atom stereocenters.